The Morgan fingerprint density at radius 1 is 1.16 bits per heavy atom. The molecule has 7 nitrogen and oxygen atoms in total. The van der Waals surface area contributed by atoms with E-state index in [1.165, 1.54) is 11.3 Å². The molecule has 2 aromatic carbocycles. The minimum Gasteiger partial charge on any atom is -0.494 e. The second kappa shape index (κ2) is 11.7. The summed E-state index contributed by atoms with van der Waals surface area (Å²) in [7, 11) is 0. The normalized spacial score (nSPS) is 15.1. The number of hydrogen-bond acceptors (Lipinski definition) is 7. The number of aromatic nitrogens is 1. The average molecular weight is 584 g/mol. The van der Waals surface area contributed by atoms with Crippen LogP contribution in [-0.2, 0) is 9.53 Å². The van der Waals surface area contributed by atoms with Gasteiger partial charge in [0.1, 0.15) is 24.1 Å². The van der Waals surface area contributed by atoms with E-state index >= 15 is 0 Å². The molecule has 1 aliphatic rings. The van der Waals surface area contributed by atoms with Crippen LogP contribution in [0.2, 0.25) is 0 Å². The molecule has 0 saturated carbocycles. The average Bonchev–Trinajstić information content (AvgIpc) is 3.17. The molecule has 2 heterocycles. The first-order valence-electron chi connectivity index (χ1n) is 11.8. The van der Waals surface area contributed by atoms with Gasteiger partial charge in [0.15, 0.2) is 4.80 Å². The zero-order valence-electron chi connectivity index (χ0n) is 20.8. The molecule has 0 bridgehead atoms. The third kappa shape index (κ3) is 5.47. The summed E-state index contributed by atoms with van der Waals surface area (Å²) < 4.78 is 19.7. The fourth-order valence-corrected chi connectivity index (χ4v) is 5.66. The summed E-state index contributed by atoms with van der Waals surface area (Å²) in [4.78, 5) is 32.1. The molecule has 0 saturated heterocycles. The quantitative estimate of drug-likeness (QED) is 0.274. The largest absolute Gasteiger partial charge is 0.494 e. The highest BCUT2D eigenvalue weighted by Crippen LogP contribution is 2.36. The maximum Gasteiger partial charge on any atom is 0.338 e. The number of carbonyl (C=O) groups is 1. The van der Waals surface area contributed by atoms with Crippen molar-refractivity contribution < 1.29 is 19.0 Å². The summed E-state index contributed by atoms with van der Waals surface area (Å²) in [5.74, 6) is 0.772. The van der Waals surface area contributed by atoms with Gasteiger partial charge < -0.3 is 14.2 Å². The minimum absolute atomic E-state index is 0.210. The van der Waals surface area contributed by atoms with Crippen LogP contribution in [0.5, 0.6) is 11.5 Å². The fourth-order valence-electron chi connectivity index (χ4n) is 4.10. The fraction of sp³-hybridized carbons (Fsp3) is 0.250. The molecule has 1 aliphatic heterocycles. The second-order valence-corrected chi connectivity index (χ2v) is 9.93. The van der Waals surface area contributed by atoms with Crippen LogP contribution in [0, 0.1) is 0 Å². The molecule has 37 heavy (non-hydrogen) atoms. The lowest BCUT2D eigenvalue weighted by atomic mass is 9.95. The van der Waals surface area contributed by atoms with Crippen LogP contribution in [0.4, 0.5) is 0 Å². The number of ether oxygens (including phenoxy) is 3. The van der Waals surface area contributed by atoms with Crippen LogP contribution in [0.1, 0.15) is 37.9 Å². The Hall–Kier alpha value is -3.43. The lowest BCUT2D eigenvalue weighted by molar-refractivity contribution is -0.139. The predicted octanol–water partition coefficient (Wildman–Crippen LogP) is 4.52. The summed E-state index contributed by atoms with van der Waals surface area (Å²) in [5, 5.41) is 0. The van der Waals surface area contributed by atoms with Crippen molar-refractivity contribution in [3.63, 3.8) is 0 Å². The Kier molecular flexibility index (Phi) is 8.45. The molecule has 0 N–H and O–H groups in total. The summed E-state index contributed by atoms with van der Waals surface area (Å²) in [5.41, 5.74) is 2.09. The Bertz CT molecular complexity index is 1550. The van der Waals surface area contributed by atoms with Gasteiger partial charge in [0.2, 0.25) is 0 Å². The molecule has 3 aromatic rings. The highest BCUT2D eigenvalue weighted by atomic mass is 79.9. The Balaban J connectivity index is 1.90. The van der Waals surface area contributed by atoms with Gasteiger partial charge in [-0.3, -0.25) is 9.36 Å². The number of fused-ring (bicyclic) bond motifs is 1. The van der Waals surface area contributed by atoms with E-state index in [1.54, 1.807) is 30.6 Å². The van der Waals surface area contributed by atoms with E-state index in [4.69, 9.17) is 14.2 Å². The van der Waals surface area contributed by atoms with Crippen molar-refractivity contribution in [2.45, 2.75) is 26.8 Å². The van der Waals surface area contributed by atoms with Gasteiger partial charge in [-0.05, 0) is 66.5 Å². The molecule has 4 rings (SSSR count). The van der Waals surface area contributed by atoms with E-state index in [9.17, 15) is 9.59 Å². The van der Waals surface area contributed by atoms with Gasteiger partial charge in [-0.25, -0.2) is 9.79 Å². The van der Waals surface area contributed by atoms with Crippen molar-refractivity contribution in [3.8, 4) is 11.5 Å². The zero-order chi connectivity index (χ0) is 26.5. The van der Waals surface area contributed by atoms with Gasteiger partial charge in [-0.1, -0.05) is 48.3 Å². The number of carbonyl (C=O) groups excluding carboxylic acids is 1. The first kappa shape index (κ1) is 26.6. The van der Waals surface area contributed by atoms with Crippen molar-refractivity contribution in [1.82, 2.24) is 4.57 Å². The number of esters is 1. The highest BCUT2D eigenvalue weighted by molar-refractivity contribution is 9.10. The van der Waals surface area contributed by atoms with Gasteiger partial charge in [0, 0.05) is 5.56 Å². The van der Waals surface area contributed by atoms with Crippen molar-refractivity contribution in [3.05, 3.63) is 102 Å². The summed E-state index contributed by atoms with van der Waals surface area (Å²) in [6.45, 7) is 10.1. The molecule has 192 valence electrons. The molecule has 1 aromatic heterocycles. The van der Waals surface area contributed by atoms with Crippen LogP contribution in [0.3, 0.4) is 0 Å². The summed E-state index contributed by atoms with van der Waals surface area (Å²) >= 11 is 4.80. The Labute approximate surface area is 227 Å². The van der Waals surface area contributed by atoms with E-state index < -0.39 is 12.0 Å². The van der Waals surface area contributed by atoms with Crippen LogP contribution >= 0.6 is 27.3 Å². The standard InChI is InChI=1S/C28H27BrN2O5S/c1-5-14-36-22-13-12-18(15-20(22)29)16-23-26(32)31-25(19-10-8-9-11-21(19)34-6-2)24(27(33)35-7-3)17(4)30-28(31)37-23/h5,8-13,15-16,25H,1,6-7,14H2,2-4H3/t25-/m0/s1. The molecule has 0 radical (unpaired) electrons. The summed E-state index contributed by atoms with van der Waals surface area (Å²) in [6.07, 6.45) is 3.48. The van der Waals surface area contributed by atoms with Crippen LogP contribution in [0.15, 0.2) is 80.6 Å². The van der Waals surface area contributed by atoms with Crippen LogP contribution in [-0.4, -0.2) is 30.4 Å². The maximum absolute atomic E-state index is 13.8. The van der Waals surface area contributed by atoms with Crippen molar-refractivity contribution in [2.75, 3.05) is 19.8 Å². The monoisotopic (exact) mass is 582 g/mol. The molecule has 0 amide bonds. The number of nitrogens with zero attached hydrogens (tertiary/aromatic N) is 2. The minimum atomic E-state index is -0.735. The maximum atomic E-state index is 13.8. The van der Waals surface area contributed by atoms with Gasteiger partial charge >= 0.3 is 5.97 Å². The van der Waals surface area contributed by atoms with Gasteiger partial charge in [-0.15, -0.1) is 0 Å². The molecule has 0 spiro atoms. The first-order chi connectivity index (χ1) is 17.9. The molecule has 9 heteroatoms. The number of para-hydroxylation sites is 1. The van der Waals surface area contributed by atoms with Crippen LogP contribution in [0.25, 0.3) is 6.08 Å². The molecule has 0 aliphatic carbocycles. The second-order valence-electron chi connectivity index (χ2n) is 8.06. The highest BCUT2D eigenvalue weighted by Gasteiger charge is 2.35. The lowest BCUT2D eigenvalue weighted by Crippen LogP contribution is -2.40. The van der Waals surface area contributed by atoms with Gasteiger partial charge in [-0.2, -0.15) is 0 Å². The van der Waals surface area contributed by atoms with Crippen molar-refractivity contribution >= 4 is 39.3 Å². The smallest absolute Gasteiger partial charge is 0.338 e. The van der Waals surface area contributed by atoms with Crippen molar-refractivity contribution in [2.24, 2.45) is 4.99 Å². The van der Waals surface area contributed by atoms with E-state index in [0.717, 1.165) is 10.0 Å². The number of allylic oxidation sites excluding steroid dienone is 1. The van der Waals surface area contributed by atoms with E-state index in [2.05, 4.69) is 27.5 Å². The number of hydrogen-bond donors (Lipinski definition) is 0. The third-order valence-corrected chi connectivity index (χ3v) is 7.24. The number of rotatable bonds is 9. The molecular weight excluding hydrogens is 556 g/mol. The summed E-state index contributed by atoms with van der Waals surface area (Å²) in [6, 6.07) is 12.3. The van der Waals surface area contributed by atoms with Crippen molar-refractivity contribution in [1.29, 1.82) is 0 Å². The number of benzene rings is 2. The van der Waals surface area contributed by atoms with Gasteiger partial charge in [0.25, 0.3) is 5.56 Å². The van der Waals surface area contributed by atoms with Crippen LogP contribution < -0.4 is 24.4 Å². The molecular formula is C28H27BrN2O5S. The van der Waals surface area contributed by atoms with E-state index in [0.29, 0.717) is 50.9 Å². The Morgan fingerprint density at radius 2 is 1.95 bits per heavy atom. The third-order valence-electron chi connectivity index (χ3n) is 5.64. The molecule has 0 fully saturated rings. The lowest BCUT2D eigenvalue weighted by Gasteiger charge is -2.26. The zero-order valence-corrected chi connectivity index (χ0v) is 23.2. The van der Waals surface area contributed by atoms with Gasteiger partial charge in [0.05, 0.1) is 33.5 Å². The predicted molar refractivity (Wildman–Crippen MR) is 148 cm³/mol. The van der Waals surface area contributed by atoms with E-state index in [-0.39, 0.29) is 12.2 Å². The Morgan fingerprint density at radius 3 is 2.65 bits per heavy atom. The topological polar surface area (TPSA) is 79.1 Å². The molecule has 0 unspecified atom stereocenters. The molecule has 1 atom stereocenters. The number of halogens is 1. The SMILES string of the molecule is C=CCOc1ccc(C=c2sc3n(c2=O)[C@@H](c2ccccc2OCC)C(C(=O)OCC)=C(C)N=3)cc1Br. The number of thiazole rings is 1. The first-order valence-corrected chi connectivity index (χ1v) is 13.4. The van der Waals surface area contributed by atoms with E-state index in [1.807, 2.05) is 49.4 Å².